The number of carbonyl (C=O) groups is 2. The van der Waals surface area contributed by atoms with Gasteiger partial charge >= 0.3 is 6.03 Å². The molecule has 1 saturated heterocycles. The number of hydrogen-bond donors (Lipinski definition) is 1. The number of nitrogens with zero attached hydrogens (tertiary/aromatic N) is 4. The number of fused-ring (bicyclic) bond motifs is 4. The summed E-state index contributed by atoms with van der Waals surface area (Å²) in [5, 5.41) is 2.90. The number of carbonyl (C=O) groups excluding carboxylic acids is 2. The van der Waals surface area contributed by atoms with E-state index in [0.717, 1.165) is 43.6 Å². The van der Waals surface area contributed by atoms with E-state index in [4.69, 9.17) is 0 Å². The second kappa shape index (κ2) is 6.58. The number of Topliss-reactive ketones (excluding diaryl/α,β-unsaturated/α-hetero) is 1. The van der Waals surface area contributed by atoms with E-state index in [1.165, 1.54) is 0 Å². The van der Waals surface area contributed by atoms with Gasteiger partial charge in [-0.2, -0.15) is 0 Å². The Kier molecular flexibility index (Phi) is 4.03. The van der Waals surface area contributed by atoms with Crippen LogP contribution in [0.4, 0.5) is 22.1 Å². The maximum absolute atomic E-state index is 13.1. The van der Waals surface area contributed by atoms with Gasteiger partial charge in [0.05, 0.1) is 11.7 Å². The highest BCUT2D eigenvalue weighted by atomic mass is 16.2. The highest BCUT2D eigenvalue weighted by Gasteiger charge is 2.40. The van der Waals surface area contributed by atoms with Crippen LogP contribution < -0.4 is 15.1 Å². The SMILES string of the molecule is Cc1ccnc(NC(=O)N2c3nc(C(=O)CC4CC4)ccc3N3CC[C@H]2C3)c1. The summed E-state index contributed by atoms with van der Waals surface area (Å²) in [5.41, 5.74) is 2.41. The van der Waals surface area contributed by atoms with Crippen LogP contribution in [0.25, 0.3) is 0 Å². The molecule has 0 radical (unpaired) electrons. The number of urea groups is 1. The van der Waals surface area contributed by atoms with Gasteiger partial charge in [0.2, 0.25) is 0 Å². The summed E-state index contributed by atoms with van der Waals surface area (Å²) in [6.07, 6.45) is 5.38. The van der Waals surface area contributed by atoms with Crippen molar-refractivity contribution in [3.05, 3.63) is 41.7 Å². The molecule has 2 bridgehead atoms. The van der Waals surface area contributed by atoms with Gasteiger partial charge in [0, 0.05) is 25.7 Å². The maximum atomic E-state index is 13.1. The Morgan fingerprint density at radius 1 is 1.21 bits per heavy atom. The van der Waals surface area contributed by atoms with Crippen LogP contribution in [-0.4, -0.2) is 40.9 Å². The van der Waals surface area contributed by atoms with Crippen LogP contribution in [0.2, 0.25) is 0 Å². The molecule has 7 heteroatoms. The minimum absolute atomic E-state index is 0.0543. The number of hydrogen-bond acceptors (Lipinski definition) is 5. The van der Waals surface area contributed by atoms with Crippen LogP contribution in [0.1, 0.15) is 41.7 Å². The number of aromatic nitrogens is 2. The van der Waals surface area contributed by atoms with E-state index in [2.05, 4.69) is 20.2 Å². The van der Waals surface area contributed by atoms with Crippen molar-refractivity contribution in [3.8, 4) is 0 Å². The zero-order valence-electron chi connectivity index (χ0n) is 15.9. The van der Waals surface area contributed by atoms with Gasteiger partial charge in [-0.3, -0.25) is 15.0 Å². The predicted molar refractivity (Wildman–Crippen MR) is 107 cm³/mol. The van der Waals surface area contributed by atoms with Crippen molar-refractivity contribution in [2.75, 3.05) is 28.2 Å². The lowest BCUT2D eigenvalue weighted by molar-refractivity contribution is 0.0971. The van der Waals surface area contributed by atoms with Gasteiger partial charge in [-0.25, -0.2) is 14.8 Å². The summed E-state index contributed by atoms with van der Waals surface area (Å²) in [7, 11) is 0. The second-order valence-corrected chi connectivity index (χ2v) is 8.02. The van der Waals surface area contributed by atoms with Crippen molar-refractivity contribution in [2.45, 2.75) is 38.6 Å². The third-order valence-electron chi connectivity index (χ3n) is 5.78. The maximum Gasteiger partial charge on any atom is 0.329 e. The molecule has 2 amide bonds. The van der Waals surface area contributed by atoms with E-state index in [1.54, 1.807) is 17.2 Å². The fourth-order valence-electron chi connectivity index (χ4n) is 4.09. The molecule has 0 unspecified atom stereocenters. The largest absolute Gasteiger partial charge is 0.366 e. The predicted octanol–water partition coefficient (Wildman–Crippen LogP) is 3.40. The van der Waals surface area contributed by atoms with Gasteiger partial charge in [-0.05, 0) is 61.9 Å². The standard InChI is InChI=1S/C21H23N5O2/c1-13-6-8-22-19(10-13)24-21(28)26-15-7-9-25(12-15)17-5-4-16(23-20(17)26)18(27)11-14-2-3-14/h4-6,8,10,14-15H,2-3,7,9,11-12H2,1H3,(H,22,24,28)/t15-/m0/s1. The molecule has 0 aromatic carbocycles. The van der Waals surface area contributed by atoms with Gasteiger partial charge in [0.1, 0.15) is 11.5 Å². The van der Waals surface area contributed by atoms with E-state index >= 15 is 0 Å². The average Bonchev–Trinajstić information content (AvgIpc) is 3.40. The minimum Gasteiger partial charge on any atom is -0.366 e. The molecule has 2 aromatic rings. The molecule has 144 valence electrons. The third-order valence-corrected chi connectivity index (χ3v) is 5.78. The Hall–Kier alpha value is -2.96. The van der Waals surface area contributed by atoms with E-state index in [-0.39, 0.29) is 17.9 Å². The molecule has 2 fully saturated rings. The third kappa shape index (κ3) is 3.10. The Bertz CT molecular complexity index is 956. The van der Waals surface area contributed by atoms with Crippen molar-refractivity contribution < 1.29 is 9.59 Å². The molecule has 7 nitrogen and oxygen atoms in total. The first-order valence-electron chi connectivity index (χ1n) is 9.90. The summed E-state index contributed by atoms with van der Waals surface area (Å²) in [6.45, 7) is 3.64. The van der Waals surface area contributed by atoms with Crippen molar-refractivity contribution in [2.24, 2.45) is 5.92 Å². The topological polar surface area (TPSA) is 78.4 Å². The van der Waals surface area contributed by atoms with E-state index in [9.17, 15) is 9.59 Å². The zero-order valence-corrected chi connectivity index (χ0v) is 15.9. The van der Waals surface area contributed by atoms with Crippen LogP contribution in [0.5, 0.6) is 0 Å². The summed E-state index contributed by atoms with van der Waals surface area (Å²) >= 11 is 0. The van der Waals surface area contributed by atoms with E-state index in [0.29, 0.717) is 29.7 Å². The molecular formula is C21H23N5O2. The molecule has 28 heavy (non-hydrogen) atoms. The smallest absolute Gasteiger partial charge is 0.329 e. The van der Waals surface area contributed by atoms with Gasteiger partial charge in [-0.15, -0.1) is 0 Å². The molecule has 1 aliphatic carbocycles. The number of pyridine rings is 2. The molecule has 2 aromatic heterocycles. The first-order valence-corrected chi connectivity index (χ1v) is 9.90. The Morgan fingerprint density at radius 2 is 2.07 bits per heavy atom. The molecule has 2 aliphatic heterocycles. The molecule has 1 saturated carbocycles. The van der Waals surface area contributed by atoms with E-state index in [1.807, 2.05) is 25.1 Å². The molecule has 4 heterocycles. The van der Waals surface area contributed by atoms with Gasteiger partial charge in [0.25, 0.3) is 0 Å². The van der Waals surface area contributed by atoms with Crippen LogP contribution in [0.3, 0.4) is 0 Å². The number of anilines is 3. The molecular weight excluding hydrogens is 354 g/mol. The minimum atomic E-state index is -0.245. The van der Waals surface area contributed by atoms with Crippen molar-refractivity contribution in [1.82, 2.24) is 9.97 Å². The van der Waals surface area contributed by atoms with Crippen molar-refractivity contribution in [3.63, 3.8) is 0 Å². The Morgan fingerprint density at radius 3 is 2.86 bits per heavy atom. The quantitative estimate of drug-likeness (QED) is 0.826. The number of rotatable bonds is 4. The number of amides is 2. The fourth-order valence-corrected chi connectivity index (χ4v) is 4.09. The summed E-state index contributed by atoms with van der Waals surface area (Å²) in [5.74, 6) is 1.68. The summed E-state index contributed by atoms with van der Waals surface area (Å²) < 4.78 is 0. The lowest BCUT2D eigenvalue weighted by Crippen LogP contribution is -2.48. The highest BCUT2D eigenvalue weighted by molar-refractivity contribution is 6.05. The highest BCUT2D eigenvalue weighted by Crippen LogP contribution is 2.40. The molecule has 1 N–H and O–H groups in total. The van der Waals surface area contributed by atoms with E-state index < -0.39 is 0 Å². The first kappa shape index (κ1) is 17.2. The summed E-state index contributed by atoms with van der Waals surface area (Å²) in [4.78, 5) is 38.5. The molecule has 3 aliphatic rings. The fraction of sp³-hybridized carbons (Fsp3) is 0.429. The number of nitrogens with one attached hydrogen (secondary N) is 1. The lowest BCUT2D eigenvalue weighted by atomic mass is 10.1. The zero-order chi connectivity index (χ0) is 19.3. The van der Waals surface area contributed by atoms with Crippen LogP contribution >= 0.6 is 0 Å². The first-order chi connectivity index (χ1) is 13.6. The number of aryl methyl sites for hydroxylation is 1. The van der Waals surface area contributed by atoms with Crippen LogP contribution in [0.15, 0.2) is 30.5 Å². The van der Waals surface area contributed by atoms with Gasteiger partial charge < -0.3 is 4.90 Å². The Labute approximate surface area is 163 Å². The van der Waals surface area contributed by atoms with Gasteiger partial charge in [-0.1, -0.05) is 0 Å². The van der Waals surface area contributed by atoms with Crippen molar-refractivity contribution in [1.29, 1.82) is 0 Å². The Balaban J connectivity index is 1.46. The van der Waals surface area contributed by atoms with Crippen molar-refractivity contribution >= 4 is 29.1 Å². The molecule has 5 rings (SSSR count). The summed E-state index contributed by atoms with van der Waals surface area (Å²) in [6, 6.07) is 7.28. The average molecular weight is 377 g/mol. The van der Waals surface area contributed by atoms with Gasteiger partial charge in [0.15, 0.2) is 11.6 Å². The monoisotopic (exact) mass is 377 g/mol. The molecule has 1 atom stereocenters. The second-order valence-electron chi connectivity index (χ2n) is 8.02. The lowest BCUT2D eigenvalue weighted by Gasteiger charge is -2.35. The van der Waals surface area contributed by atoms with Crippen LogP contribution in [0, 0.1) is 12.8 Å². The number of ketones is 1. The van der Waals surface area contributed by atoms with Crippen LogP contribution in [-0.2, 0) is 0 Å². The molecule has 0 spiro atoms. The normalized spacial score (nSPS) is 20.1.